The van der Waals surface area contributed by atoms with Gasteiger partial charge in [0.1, 0.15) is 24.0 Å². The second-order valence-corrected chi connectivity index (χ2v) is 15.8. The van der Waals surface area contributed by atoms with Crippen molar-refractivity contribution in [1.82, 2.24) is 14.5 Å². The van der Waals surface area contributed by atoms with Gasteiger partial charge in [0.15, 0.2) is 5.82 Å². The van der Waals surface area contributed by atoms with Gasteiger partial charge in [-0.05, 0) is 102 Å². The summed E-state index contributed by atoms with van der Waals surface area (Å²) in [5.41, 5.74) is 10.7. The number of nitrogens with zero attached hydrogens (tertiary/aromatic N) is 5. The smallest absolute Gasteiger partial charge is 0.158 e. The van der Waals surface area contributed by atoms with Gasteiger partial charge >= 0.3 is 0 Å². The molecule has 0 spiro atoms. The second-order valence-electron chi connectivity index (χ2n) is 15.8. The molecule has 6 nitrogen and oxygen atoms in total. The summed E-state index contributed by atoms with van der Waals surface area (Å²) in [6.07, 6.45) is 3.79. The van der Waals surface area contributed by atoms with Crippen molar-refractivity contribution >= 4 is 44.7 Å². The van der Waals surface area contributed by atoms with E-state index in [1.165, 1.54) is 33.3 Å². The highest BCUT2D eigenvalue weighted by atomic mass is 16.5. The quantitative estimate of drug-likeness (QED) is 0.182. The normalized spacial score (nSPS) is 13.3. The lowest BCUT2D eigenvalue weighted by atomic mass is 9.84. The Labute approximate surface area is 301 Å². The highest BCUT2D eigenvalue weighted by molar-refractivity contribution is 6.09. The van der Waals surface area contributed by atoms with E-state index in [1.54, 1.807) is 0 Å². The summed E-state index contributed by atoms with van der Waals surface area (Å²) in [5, 5.41) is 2.35. The average Bonchev–Trinajstić information content (AvgIpc) is 3.63. The molecule has 0 fully saturated rings. The maximum absolute atomic E-state index is 6.64. The highest BCUT2D eigenvalue weighted by Crippen LogP contribution is 2.46. The summed E-state index contributed by atoms with van der Waals surface area (Å²) < 4.78 is 8.89. The van der Waals surface area contributed by atoms with Gasteiger partial charge in [-0.25, -0.2) is 9.97 Å². The molecule has 0 saturated carbocycles. The number of para-hydroxylation sites is 1. The largest absolute Gasteiger partial charge is 0.457 e. The van der Waals surface area contributed by atoms with Crippen molar-refractivity contribution in [2.45, 2.75) is 66.2 Å². The lowest BCUT2D eigenvalue weighted by molar-refractivity contribution is 0.483. The van der Waals surface area contributed by atoms with Gasteiger partial charge in [0, 0.05) is 46.7 Å². The fourth-order valence-corrected chi connectivity index (χ4v) is 7.42. The zero-order chi connectivity index (χ0) is 35.7. The van der Waals surface area contributed by atoms with E-state index < -0.39 is 0 Å². The first kappa shape index (κ1) is 32.6. The molecule has 8 rings (SSSR count). The Hall–Kier alpha value is -5.62. The molecule has 51 heavy (non-hydrogen) atoms. The summed E-state index contributed by atoms with van der Waals surface area (Å²) in [6.45, 7) is 18.6. The number of ether oxygens (including phenoxy) is 1. The van der Waals surface area contributed by atoms with Gasteiger partial charge in [-0.15, -0.1) is 0 Å². The van der Waals surface area contributed by atoms with Crippen LogP contribution in [0.15, 0.2) is 116 Å². The van der Waals surface area contributed by atoms with E-state index in [0.29, 0.717) is 6.67 Å². The van der Waals surface area contributed by atoms with Crippen molar-refractivity contribution in [3.8, 4) is 17.3 Å². The fourth-order valence-electron chi connectivity index (χ4n) is 7.42. The molecule has 0 bridgehead atoms. The second kappa shape index (κ2) is 12.0. The summed E-state index contributed by atoms with van der Waals surface area (Å²) in [5.74, 6) is 3.36. The van der Waals surface area contributed by atoms with Crippen LogP contribution in [0, 0.1) is 13.8 Å². The predicted octanol–water partition coefficient (Wildman–Crippen LogP) is 11.8. The lowest BCUT2D eigenvalue weighted by Crippen LogP contribution is -2.25. The van der Waals surface area contributed by atoms with Crippen LogP contribution in [0.5, 0.6) is 11.5 Å². The molecule has 6 heteroatoms. The third-order valence-electron chi connectivity index (χ3n) is 10.1. The zero-order valence-electron chi connectivity index (χ0n) is 30.8. The average molecular weight is 672 g/mol. The van der Waals surface area contributed by atoms with Crippen molar-refractivity contribution in [3.05, 3.63) is 138 Å². The number of hydrogen-bond donors (Lipinski definition) is 0. The first-order valence-corrected chi connectivity index (χ1v) is 17.8. The predicted molar refractivity (Wildman–Crippen MR) is 212 cm³/mol. The Bertz CT molecular complexity index is 2420. The van der Waals surface area contributed by atoms with Crippen LogP contribution < -0.4 is 14.5 Å². The van der Waals surface area contributed by atoms with Gasteiger partial charge in [-0.2, -0.15) is 0 Å². The van der Waals surface area contributed by atoms with E-state index >= 15 is 0 Å². The van der Waals surface area contributed by atoms with Gasteiger partial charge < -0.3 is 14.5 Å². The molecule has 0 atom stereocenters. The number of aromatic nitrogens is 3. The molecule has 0 unspecified atom stereocenters. The number of aryl methyl sites for hydroxylation is 2. The van der Waals surface area contributed by atoms with E-state index in [9.17, 15) is 0 Å². The lowest BCUT2D eigenvalue weighted by Gasteiger charge is -2.28. The molecule has 0 radical (unpaired) electrons. The third-order valence-corrected chi connectivity index (χ3v) is 10.1. The van der Waals surface area contributed by atoms with Gasteiger partial charge in [-0.1, -0.05) is 77.9 Å². The first-order valence-electron chi connectivity index (χ1n) is 17.8. The molecule has 0 aliphatic carbocycles. The molecule has 0 amide bonds. The minimum absolute atomic E-state index is 0.00663. The minimum atomic E-state index is 0.00663. The van der Waals surface area contributed by atoms with E-state index in [0.717, 1.165) is 50.9 Å². The van der Waals surface area contributed by atoms with Crippen molar-refractivity contribution < 1.29 is 4.74 Å². The minimum Gasteiger partial charge on any atom is -0.457 e. The topological polar surface area (TPSA) is 46.4 Å². The molecule has 0 saturated heterocycles. The maximum Gasteiger partial charge on any atom is 0.158 e. The van der Waals surface area contributed by atoms with Gasteiger partial charge in [0.05, 0.1) is 16.7 Å². The SMILES string of the molecule is Cc1cc(C(C)(C)C)cc(C)c1N1CN(c2cccc(Oc3ccc4c5ccccc5n(-c5cc(C(C)(C)C)ccn5)c4c3)c2)c2ncccc21. The molecule has 1 aliphatic heterocycles. The van der Waals surface area contributed by atoms with Crippen LogP contribution in [0.3, 0.4) is 0 Å². The molecule has 256 valence electrons. The van der Waals surface area contributed by atoms with Crippen molar-refractivity contribution in [2.75, 3.05) is 16.5 Å². The van der Waals surface area contributed by atoms with Crippen LogP contribution >= 0.6 is 0 Å². The van der Waals surface area contributed by atoms with Crippen LogP contribution in [-0.4, -0.2) is 21.2 Å². The number of fused-ring (bicyclic) bond motifs is 4. The van der Waals surface area contributed by atoms with Crippen LogP contribution in [-0.2, 0) is 10.8 Å². The number of rotatable bonds is 5. The number of hydrogen-bond acceptors (Lipinski definition) is 5. The standard InChI is InChI=1S/C45H45N5O/c1-29-23-32(45(6,7)8)24-30(2)42(29)49-28-48(43-39(49)17-12-21-47-43)33-13-11-14-34(26-33)51-35-18-19-37-36-15-9-10-16-38(36)50(40(37)27-35)41-25-31(20-22-46-41)44(3,4)5/h9-27H,28H2,1-8H3. The Morgan fingerprint density at radius 3 is 2.08 bits per heavy atom. The Morgan fingerprint density at radius 2 is 1.31 bits per heavy atom. The first-order chi connectivity index (χ1) is 24.4. The number of pyridine rings is 2. The summed E-state index contributed by atoms with van der Waals surface area (Å²) >= 11 is 0. The van der Waals surface area contributed by atoms with Crippen LogP contribution in [0.1, 0.15) is 63.8 Å². The Morgan fingerprint density at radius 1 is 0.588 bits per heavy atom. The molecule has 1 aliphatic rings. The van der Waals surface area contributed by atoms with Crippen molar-refractivity contribution in [1.29, 1.82) is 0 Å². The van der Waals surface area contributed by atoms with Gasteiger partial charge in [-0.3, -0.25) is 4.57 Å². The van der Waals surface area contributed by atoms with E-state index in [2.05, 4.69) is 161 Å². The molecule has 7 aromatic rings. The summed E-state index contributed by atoms with van der Waals surface area (Å²) in [6, 6.07) is 36.4. The van der Waals surface area contributed by atoms with Crippen LogP contribution in [0.2, 0.25) is 0 Å². The van der Waals surface area contributed by atoms with E-state index in [1.807, 2.05) is 24.5 Å². The molecule has 0 N–H and O–H groups in total. The zero-order valence-corrected chi connectivity index (χ0v) is 30.8. The number of benzene rings is 4. The van der Waals surface area contributed by atoms with E-state index in [4.69, 9.17) is 14.7 Å². The van der Waals surface area contributed by atoms with Crippen molar-refractivity contribution in [3.63, 3.8) is 0 Å². The Kier molecular flexibility index (Phi) is 7.67. The summed E-state index contributed by atoms with van der Waals surface area (Å²) in [7, 11) is 0. The fraction of sp³-hybridized carbons (Fsp3) is 0.244. The molecule has 4 aromatic carbocycles. The van der Waals surface area contributed by atoms with Crippen molar-refractivity contribution in [2.24, 2.45) is 0 Å². The van der Waals surface area contributed by atoms with E-state index in [-0.39, 0.29) is 10.8 Å². The molecular formula is C45H45N5O. The molecule has 4 heterocycles. The summed E-state index contributed by atoms with van der Waals surface area (Å²) in [4.78, 5) is 14.4. The monoisotopic (exact) mass is 671 g/mol. The van der Waals surface area contributed by atoms with Crippen LogP contribution in [0.25, 0.3) is 27.6 Å². The van der Waals surface area contributed by atoms with Crippen LogP contribution in [0.4, 0.5) is 22.9 Å². The number of anilines is 4. The molecular weight excluding hydrogens is 627 g/mol. The van der Waals surface area contributed by atoms with Gasteiger partial charge in [0.2, 0.25) is 0 Å². The Balaban J connectivity index is 1.15. The maximum atomic E-state index is 6.64. The third kappa shape index (κ3) is 5.79. The molecule has 3 aromatic heterocycles. The van der Waals surface area contributed by atoms with Gasteiger partial charge in [0.25, 0.3) is 0 Å². The highest BCUT2D eigenvalue weighted by Gasteiger charge is 2.31.